The summed E-state index contributed by atoms with van der Waals surface area (Å²) in [5.41, 5.74) is 0. The van der Waals surface area contributed by atoms with Gasteiger partial charge in [0.15, 0.2) is 5.03 Å². The first-order valence-electron chi connectivity index (χ1n) is 6.64. The van der Waals surface area contributed by atoms with E-state index >= 15 is 0 Å². The molecule has 1 aliphatic rings. The number of carboxylic acids is 1. The Bertz CT molecular complexity index is 596. The minimum atomic E-state index is -3.71. The van der Waals surface area contributed by atoms with Crippen molar-refractivity contribution in [3.63, 3.8) is 0 Å². The second kappa shape index (κ2) is 5.53. The van der Waals surface area contributed by atoms with Crippen molar-refractivity contribution in [1.82, 2.24) is 14.1 Å². The first-order chi connectivity index (χ1) is 9.37. The lowest BCUT2D eigenvalue weighted by Crippen LogP contribution is -2.47. The molecule has 7 nitrogen and oxygen atoms in total. The molecule has 0 spiro atoms. The van der Waals surface area contributed by atoms with Crippen LogP contribution in [0.5, 0.6) is 0 Å². The van der Waals surface area contributed by atoms with Crippen molar-refractivity contribution in [1.29, 1.82) is 0 Å². The zero-order chi connectivity index (χ0) is 14.9. The molecule has 0 bridgehead atoms. The molecular formula is C12H19N3O4S. The van der Waals surface area contributed by atoms with Crippen molar-refractivity contribution < 1.29 is 18.3 Å². The van der Waals surface area contributed by atoms with Gasteiger partial charge in [0, 0.05) is 19.1 Å². The van der Waals surface area contributed by atoms with Gasteiger partial charge in [-0.3, -0.25) is 9.48 Å². The maximum absolute atomic E-state index is 12.7. The lowest BCUT2D eigenvalue weighted by molar-refractivity contribution is -0.143. The maximum atomic E-state index is 12.7. The average Bonchev–Trinajstić information content (AvgIpc) is 2.87. The number of carboxylic acid groups (broad SMARTS) is 1. The van der Waals surface area contributed by atoms with Crippen LogP contribution < -0.4 is 0 Å². The number of rotatable bonds is 4. The molecule has 1 saturated heterocycles. The molecule has 2 unspecified atom stereocenters. The number of hydrogen-bond acceptors (Lipinski definition) is 4. The van der Waals surface area contributed by atoms with Crippen molar-refractivity contribution >= 4 is 16.0 Å². The predicted molar refractivity (Wildman–Crippen MR) is 71.6 cm³/mol. The van der Waals surface area contributed by atoms with Crippen molar-refractivity contribution in [2.45, 2.75) is 44.3 Å². The Balaban J connectivity index is 2.34. The molecule has 2 atom stereocenters. The van der Waals surface area contributed by atoms with Gasteiger partial charge in [0.1, 0.15) is 0 Å². The minimum Gasteiger partial charge on any atom is -0.481 e. The van der Waals surface area contributed by atoms with Crippen LogP contribution in [0.25, 0.3) is 0 Å². The Morgan fingerprint density at radius 1 is 1.50 bits per heavy atom. The molecule has 1 N–H and O–H groups in total. The number of aliphatic carboxylic acids is 1. The molecule has 8 heteroatoms. The third-order valence-corrected chi connectivity index (χ3v) is 5.73. The zero-order valence-electron chi connectivity index (χ0n) is 11.6. The summed E-state index contributed by atoms with van der Waals surface area (Å²) in [6.07, 6.45) is 2.51. The molecule has 2 heterocycles. The second-order valence-corrected chi connectivity index (χ2v) is 6.86. The smallest absolute Gasteiger partial charge is 0.307 e. The molecule has 1 aromatic rings. The van der Waals surface area contributed by atoms with Crippen LogP contribution in [0.2, 0.25) is 0 Å². The van der Waals surface area contributed by atoms with Gasteiger partial charge in [-0.1, -0.05) is 0 Å². The van der Waals surface area contributed by atoms with Gasteiger partial charge in [-0.05, 0) is 32.8 Å². The number of piperidine rings is 1. The van der Waals surface area contributed by atoms with Gasteiger partial charge < -0.3 is 5.11 Å². The lowest BCUT2D eigenvalue weighted by Gasteiger charge is -2.35. The number of aromatic nitrogens is 2. The molecule has 20 heavy (non-hydrogen) atoms. The number of carbonyl (C=O) groups is 1. The molecule has 0 radical (unpaired) electrons. The van der Waals surface area contributed by atoms with Crippen molar-refractivity contribution in [2.75, 3.05) is 6.54 Å². The standard InChI is InChI=1S/C12H19N3O4S/c1-3-14-11(6-7-13-14)20(18,19)15-8-10(12(16)17)5-4-9(15)2/h6-7,9-10H,3-5,8H2,1-2H3,(H,16,17). The van der Waals surface area contributed by atoms with Gasteiger partial charge in [0.2, 0.25) is 0 Å². The van der Waals surface area contributed by atoms with Crippen molar-refractivity contribution in [3.8, 4) is 0 Å². The van der Waals surface area contributed by atoms with Gasteiger partial charge in [-0.25, -0.2) is 8.42 Å². The zero-order valence-corrected chi connectivity index (χ0v) is 12.4. The van der Waals surface area contributed by atoms with Crippen LogP contribution in [-0.4, -0.2) is 46.2 Å². The quantitative estimate of drug-likeness (QED) is 0.887. The number of sulfonamides is 1. The van der Waals surface area contributed by atoms with E-state index in [1.165, 1.54) is 21.3 Å². The fourth-order valence-corrected chi connectivity index (χ4v) is 4.38. The predicted octanol–water partition coefficient (Wildman–Crippen LogP) is 0.777. The van der Waals surface area contributed by atoms with E-state index in [0.717, 1.165) is 0 Å². The van der Waals surface area contributed by atoms with Crippen LogP contribution in [0, 0.1) is 5.92 Å². The van der Waals surface area contributed by atoms with E-state index in [1.54, 1.807) is 0 Å². The number of aryl methyl sites for hydroxylation is 1. The fraction of sp³-hybridized carbons (Fsp3) is 0.667. The van der Waals surface area contributed by atoms with Gasteiger partial charge in [-0.2, -0.15) is 9.40 Å². The monoisotopic (exact) mass is 301 g/mol. The summed E-state index contributed by atoms with van der Waals surface area (Å²) >= 11 is 0. The van der Waals surface area contributed by atoms with Crippen LogP contribution in [0.15, 0.2) is 17.3 Å². The van der Waals surface area contributed by atoms with E-state index < -0.39 is 21.9 Å². The molecule has 1 fully saturated rings. The van der Waals surface area contributed by atoms with E-state index in [0.29, 0.717) is 19.4 Å². The molecule has 1 aliphatic heterocycles. The molecular weight excluding hydrogens is 282 g/mol. The Morgan fingerprint density at radius 3 is 2.80 bits per heavy atom. The highest BCUT2D eigenvalue weighted by Crippen LogP contribution is 2.28. The Morgan fingerprint density at radius 2 is 2.20 bits per heavy atom. The first kappa shape index (κ1) is 15.0. The topological polar surface area (TPSA) is 92.5 Å². The van der Waals surface area contributed by atoms with E-state index in [1.807, 2.05) is 13.8 Å². The lowest BCUT2D eigenvalue weighted by atomic mass is 9.96. The van der Waals surface area contributed by atoms with Crippen molar-refractivity contribution in [2.24, 2.45) is 5.92 Å². The molecule has 1 aromatic heterocycles. The minimum absolute atomic E-state index is 0.0216. The van der Waals surface area contributed by atoms with Crippen LogP contribution in [-0.2, 0) is 21.4 Å². The highest BCUT2D eigenvalue weighted by molar-refractivity contribution is 7.89. The summed E-state index contributed by atoms with van der Waals surface area (Å²) in [5, 5.41) is 13.2. The highest BCUT2D eigenvalue weighted by atomic mass is 32.2. The molecule has 0 amide bonds. The Hall–Kier alpha value is -1.41. The van der Waals surface area contributed by atoms with Crippen LogP contribution in [0.3, 0.4) is 0 Å². The van der Waals surface area contributed by atoms with Crippen molar-refractivity contribution in [3.05, 3.63) is 12.3 Å². The SMILES string of the molecule is CCn1nccc1S(=O)(=O)N1CC(C(=O)O)CCC1C. The number of hydrogen-bond donors (Lipinski definition) is 1. The fourth-order valence-electron chi connectivity index (χ4n) is 2.51. The average molecular weight is 301 g/mol. The summed E-state index contributed by atoms with van der Waals surface area (Å²) in [5.74, 6) is -1.58. The third-order valence-electron chi connectivity index (χ3n) is 3.72. The Kier molecular flexibility index (Phi) is 4.14. The van der Waals surface area contributed by atoms with E-state index in [2.05, 4.69) is 5.10 Å². The van der Waals surface area contributed by atoms with Gasteiger partial charge >= 0.3 is 5.97 Å². The molecule has 0 saturated carbocycles. The normalized spacial score (nSPS) is 24.7. The maximum Gasteiger partial charge on any atom is 0.307 e. The van der Waals surface area contributed by atoms with Crippen LogP contribution >= 0.6 is 0 Å². The van der Waals surface area contributed by atoms with E-state index in [9.17, 15) is 13.2 Å². The van der Waals surface area contributed by atoms with E-state index in [-0.39, 0.29) is 17.6 Å². The number of nitrogens with zero attached hydrogens (tertiary/aromatic N) is 3. The summed E-state index contributed by atoms with van der Waals surface area (Å²) in [7, 11) is -3.71. The summed E-state index contributed by atoms with van der Waals surface area (Å²) in [6.45, 7) is 4.09. The molecule has 0 aromatic carbocycles. The van der Waals surface area contributed by atoms with Crippen LogP contribution in [0.4, 0.5) is 0 Å². The largest absolute Gasteiger partial charge is 0.481 e. The third kappa shape index (κ3) is 2.57. The van der Waals surface area contributed by atoms with Gasteiger partial charge in [0.25, 0.3) is 10.0 Å². The summed E-state index contributed by atoms with van der Waals surface area (Å²) < 4.78 is 28.1. The highest BCUT2D eigenvalue weighted by Gasteiger charge is 2.38. The Labute approximate surface area is 118 Å². The first-order valence-corrected chi connectivity index (χ1v) is 8.08. The molecule has 112 valence electrons. The summed E-state index contributed by atoms with van der Waals surface area (Å²) in [4.78, 5) is 11.1. The molecule has 0 aliphatic carbocycles. The molecule has 2 rings (SSSR count). The van der Waals surface area contributed by atoms with Gasteiger partial charge in [0.05, 0.1) is 12.1 Å². The van der Waals surface area contributed by atoms with Gasteiger partial charge in [-0.15, -0.1) is 0 Å². The van der Waals surface area contributed by atoms with E-state index in [4.69, 9.17) is 5.11 Å². The summed E-state index contributed by atoms with van der Waals surface area (Å²) in [6, 6.07) is 1.26. The van der Waals surface area contributed by atoms with Crippen LogP contribution in [0.1, 0.15) is 26.7 Å². The second-order valence-electron chi connectivity index (χ2n) is 5.02.